The minimum absolute atomic E-state index is 0.0593. The van der Waals surface area contributed by atoms with Crippen LogP contribution in [-0.2, 0) is 6.42 Å². The molecule has 2 aromatic carbocycles. The van der Waals surface area contributed by atoms with Gasteiger partial charge in [0.05, 0.1) is 12.3 Å². The number of fused-ring (bicyclic) bond motifs is 1. The second-order valence-electron chi connectivity index (χ2n) is 4.94. The lowest BCUT2D eigenvalue weighted by Crippen LogP contribution is -2.21. The summed E-state index contributed by atoms with van der Waals surface area (Å²) in [6.45, 7) is 0.244. The number of carboxylic acid groups (broad SMARTS) is 1. The summed E-state index contributed by atoms with van der Waals surface area (Å²) >= 11 is 0. The van der Waals surface area contributed by atoms with Crippen molar-refractivity contribution < 1.29 is 23.8 Å². The first-order chi connectivity index (χ1) is 11.1. The van der Waals surface area contributed by atoms with E-state index in [0.29, 0.717) is 17.7 Å². The van der Waals surface area contributed by atoms with Crippen LogP contribution in [0.25, 0.3) is 0 Å². The average Bonchev–Trinajstić information content (AvgIpc) is 3.00. The molecule has 1 aliphatic rings. The number of hydrogen-bond donors (Lipinski definition) is 3. The standard InChI is InChI=1S/C16H13FN2O4/c17-12-8-11(15(20)21)14-10(6-7-23-14)13(12)19-16(22)18-9-4-2-1-3-5-9/h1-5,8H,6-7H2,(H,20,21)(H2,18,19,22). The van der Waals surface area contributed by atoms with Gasteiger partial charge in [0, 0.05) is 17.7 Å². The summed E-state index contributed by atoms with van der Waals surface area (Å²) in [5.41, 5.74) is 0.603. The number of amides is 2. The SMILES string of the molecule is O=C(Nc1ccccc1)Nc1c(F)cc(C(=O)O)c2c1CCO2. The Hall–Kier alpha value is -3.09. The number of rotatable bonds is 3. The normalized spacial score (nSPS) is 12.2. The second kappa shape index (κ2) is 5.96. The summed E-state index contributed by atoms with van der Waals surface area (Å²) in [6.07, 6.45) is 0.328. The first-order valence-electron chi connectivity index (χ1n) is 6.91. The van der Waals surface area contributed by atoms with Gasteiger partial charge in [-0.2, -0.15) is 0 Å². The van der Waals surface area contributed by atoms with Gasteiger partial charge in [0.25, 0.3) is 0 Å². The minimum atomic E-state index is -1.28. The summed E-state index contributed by atoms with van der Waals surface area (Å²) in [6, 6.07) is 8.93. The number of carbonyl (C=O) groups excluding carboxylic acids is 1. The third kappa shape index (κ3) is 2.94. The maximum absolute atomic E-state index is 14.2. The average molecular weight is 316 g/mol. The van der Waals surface area contributed by atoms with Crippen molar-refractivity contribution in [3.05, 3.63) is 53.3 Å². The first kappa shape index (κ1) is 14.8. The zero-order valence-corrected chi connectivity index (χ0v) is 11.9. The van der Waals surface area contributed by atoms with Gasteiger partial charge in [-0.25, -0.2) is 14.0 Å². The molecule has 1 heterocycles. The molecule has 2 amide bonds. The number of carboxylic acids is 1. The van der Waals surface area contributed by atoms with Crippen molar-refractivity contribution in [3.8, 4) is 5.75 Å². The zero-order valence-electron chi connectivity index (χ0n) is 11.9. The van der Waals surface area contributed by atoms with E-state index in [-0.39, 0.29) is 23.6 Å². The Morgan fingerprint density at radius 3 is 2.61 bits per heavy atom. The summed E-state index contributed by atoms with van der Waals surface area (Å²) in [5, 5.41) is 14.1. The third-order valence-corrected chi connectivity index (χ3v) is 3.43. The summed E-state index contributed by atoms with van der Waals surface area (Å²) < 4.78 is 19.5. The highest BCUT2D eigenvalue weighted by molar-refractivity contribution is 6.01. The molecule has 0 bridgehead atoms. The summed E-state index contributed by atoms with van der Waals surface area (Å²) in [5.74, 6) is -1.98. The minimum Gasteiger partial charge on any atom is -0.492 e. The van der Waals surface area contributed by atoms with E-state index in [4.69, 9.17) is 9.84 Å². The molecule has 0 unspecified atom stereocenters. The fraction of sp³-hybridized carbons (Fsp3) is 0.125. The number of aromatic carboxylic acids is 1. The molecule has 0 aliphatic carbocycles. The number of carbonyl (C=O) groups is 2. The Morgan fingerprint density at radius 1 is 1.17 bits per heavy atom. The maximum Gasteiger partial charge on any atom is 0.339 e. The van der Waals surface area contributed by atoms with Gasteiger partial charge in [-0.3, -0.25) is 0 Å². The van der Waals surface area contributed by atoms with Crippen molar-refractivity contribution in [2.45, 2.75) is 6.42 Å². The molecule has 1 aliphatic heterocycles. The zero-order chi connectivity index (χ0) is 16.4. The molecule has 2 aromatic rings. The lowest BCUT2D eigenvalue weighted by atomic mass is 10.0. The third-order valence-electron chi connectivity index (χ3n) is 3.43. The van der Waals surface area contributed by atoms with Crippen LogP contribution in [0.3, 0.4) is 0 Å². The Bertz CT molecular complexity index is 777. The smallest absolute Gasteiger partial charge is 0.339 e. The molecule has 23 heavy (non-hydrogen) atoms. The van der Waals surface area contributed by atoms with E-state index in [1.807, 2.05) is 0 Å². The molecular weight excluding hydrogens is 303 g/mol. The Labute approximate surface area is 130 Å². The van der Waals surface area contributed by atoms with E-state index in [1.54, 1.807) is 30.3 Å². The van der Waals surface area contributed by atoms with Gasteiger partial charge in [-0.05, 0) is 18.2 Å². The van der Waals surface area contributed by atoms with E-state index >= 15 is 0 Å². The molecule has 7 heteroatoms. The van der Waals surface area contributed by atoms with E-state index in [0.717, 1.165) is 6.07 Å². The van der Waals surface area contributed by atoms with Gasteiger partial charge in [0.1, 0.15) is 17.1 Å². The molecule has 118 valence electrons. The lowest BCUT2D eigenvalue weighted by molar-refractivity contribution is 0.0692. The van der Waals surface area contributed by atoms with Crippen LogP contribution >= 0.6 is 0 Å². The summed E-state index contributed by atoms with van der Waals surface area (Å²) in [4.78, 5) is 23.1. The fourth-order valence-electron chi connectivity index (χ4n) is 2.43. The van der Waals surface area contributed by atoms with Crippen LogP contribution in [-0.4, -0.2) is 23.7 Å². The van der Waals surface area contributed by atoms with E-state index in [9.17, 15) is 14.0 Å². The van der Waals surface area contributed by atoms with Crippen molar-refractivity contribution in [1.29, 1.82) is 0 Å². The van der Waals surface area contributed by atoms with Crippen LogP contribution in [0.5, 0.6) is 5.75 Å². The molecule has 0 radical (unpaired) electrons. The van der Waals surface area contributed by atoms with E-state index in [2.05, 4.69) is 10.6 Å². The van der Waals surface area contributed by atoms with Crippen LogP contribution < -0.4 is 15.4 Å². The fourth-order valence-corrected chi connectivity index (χ4v) is 2.43. The lowest BCUT2D eigenvalue weighted by Gasteiger charge is -2.13. The molecule has 3 N–H and O–H groups in total. The van der Waals surface area contributed by atoms with Gasteiger partial charge in [-0.15, -0.1) is 0 Å². The topological polar surface area (TPSA) is 87.7 Å². The number of anilines is 2. The highest BCUT2D eigenvalue weighted by atomic mass is 19.1. The number of para-hydroxylation sites is 1. The Balaban J connectivity index is 1.87. The number of hydrogen-bond acceptors (Lipinski definition) is 3. The molecule has 0 atom stereocenters. The molecule has 0 saturated heterocycles. The predicted octanol–water partition coefficient (Wildman–Crippen LogP) is 3.10. The molecule has 0 fully saturated rings. The maximum atomic E-state index is 14.2. The molecule has 6 nitrogen and oxygen atoms in total. The predicted molar refractivity (Wildman–Crippen MR) is 81.6 cm³/mol. The largest absolute Gasteiger partial charge is 0.492 e. The molecule has 0 spiro atoms. The Morgan fingerprint density at radius 2 is 1.91 bits per heavy atom. The molecule has 3 rings (SSSR count). The number of nitrogens with one attached hydrogen (secondary N) is 2. The van der Waals surface area contributed by atoms with E-state index in [1.165, 1.54) is 0 Å². The van der Waals surface area contributed by atoms with Crippen molar-refractivity contribution in [3.63, 3.8) is 0 Å². The van der Waals surface area contributed by atoms with Crippen molar-refractivity contribution in [1.82, 2.24) is 0 Å². The van der Waals surface area contributed by atoms with Crippen LogP contribution in [0, 0.1) is 5.82 Å². The van der Waals surface area contributed by atoms with Crippen molar-refractivity contribution in [2.75, 3.05) is 17.2 Å². The Kier molecular flexibility index (Phi) is 3.84. The monoisotopic (exact) mass is 316 g/mol. The highest BCUT2D eigenvalue weighted by Crippen LogP contribution is 2.37. The van der Waals surface area contributed by atoms with Crippen molar-refractivity contribution in [2.24, 2.45) is 0 Å². The van der Waals surface area contributed by atoms with Crippen LogP contribution in [0.15, 0.2) is 36.4 Å². The molecule has 0 saturated carbocycles. The second-order valence-corrected chi connectivity index (χ2v) is 4.94. The summed E-state index contributed by atoms with van der Waals surface area (Å²) in [7, 11) is 0. The highest BCUT2D eigenvalue weighted by Gasteiger charge is 2.27. The number of ether oxygens (including phenoxy) is 1. The van der Waals surface area contributed by atoms with Gasteiger partial charge in [0.15, 0.2) is 0 Å². The molecular formula is C16H13FN2O4. The van der Waals surface area contributed by atoms with Gasteiger partial charge in [-0.1, -0.05) is 18.2 Å². The van der Waals surface area contributed by atoms with Crippen molar-refractivity contribution >= 4 is 23.4 Å². The van der Waals surface area contributed by atoms with Gasteiger partial charge in [0.2, 0.25) is 0 Å². The van der Waals surface area contributed by atoms with Gasteiger partial charge < -0.3 is 20.5 Å². The van der Waals surface area contributed by atoms with Crippen LogP contribution in [0.1, 0.15) is 15.9 Å². The number of halogens is 1. The first-order valence-corrected chi connectivity index (χ1v) is 6.91. The quantitative estimate of drug-likeness (QED) is 0.812. The van der Waals surface area contributed by atoms with Crippen LogP contribution in [0.2, 0.25) is 0 Å². The van der Waals surface area contributed by atoms with Gasteiger partial charge >= 0.3 is 12.0 Å². The molecule has 0 aromatic heterocycles. The van der Waals surface area contributed by atoms with E-state index < -0.39 is 17.8 Å². The number of benzene rings is 2. The van der Waals surface area contributed by atoms with Crippen LogP contribution in [0.4, 0.5) is 20.6 Å². The number of urea groups is 1.